The van der Waals surface area contributed by atoms with Gasteiger partial charge in [-0.3, -0.25) is 9.79 Å². The first kappa shape index (κ1) is 26.2. The van der Waals surface area contributed by atoms with Crippen molar-refractivity contribution in [3.05, 3.63) is 62.2 Å². The van der Waals surface area contributed by atoms with E-state index in [0.717, 1.165) is 12.5 Å². The van der Waals surface area contributed by atoms with Crippen molar-refractivity contribution in [1.82, 2.24) is 10.3 Å². The minimum absolute atomic E-state index is 0.117. The van der Waals surface area contributed by atoms with Gasteiger partial charge in [0.25, 0.3) is 0 Å². The van der Waals surface area contributed by atoms with Gasteiger partial charge in [-0.2, -0.15) is 0 Å². The van der Waals surface area contributed by atoms with Crippen molar-refractivity contribution in [1.29, 1.82) is 0 Å². The lowest BCUT2D eigenvalue weighted by Crippen LogP contribution is -2.37. The van der Waals surface area contributed by atoms with E-state index in [1.807, 2.05) is 0 Å². The predicted molar refractivity (Wildman–Crippen MR) is 132 cm³/mol. The van der Waals surface area contributed by atoms with Crippen LogP contribution in [0, 0.1) is 23.5 Å². The van der Waals surface area contributed by atoms with Crippen molar-refractivity contribution >= 4 is 40.7 Å². The highest BCUT2D eigenvalue weighted by atomic mass is 35.5. The highest BCUT2D eigenvalue weighted by Gasteiger charge is 2.38. The van der Waals surface area contributed by atoms with Gasteiger partial charge in [-0.05, 0) is 44.6 Å². The number of nitrogens with zero attached hydrogens (tertiary/aromatic N) is 2. The molecule has 0 radical (unpaired) electrons. The molecule has 192 valence electrons. The van der Waals surface area contributed by atoms with Crippen LogP contribution in [-0.4, -0.2) is 36.5 Å². The first-order chi connectivity index (χ1) is 17.3. The van der Waals surface area contributed by atoms with E-state index < -0.39 is 28.7 Å². The fourth-order valence-electron chi connectivity index (χ4n) is 4.74. The van der Waals surface area contributed by atoms with Crippen LogP contribution in [0.25, 0.3) is 0 Å². The Kier molecular flexibility index (Phi) is 8.35. The largest absolute Gasteiger partial charge is 0.469 e. The number of nitrogens with one attached hydrogen (secondary N) is 1. The Hall–Kier alpha value is -2.85. The lowest BCUT2D eigenvalue weighted by molar-refractivity contribution is -0.146. The highest BCUT2D eigenvalue weighted by molar-refractivity contribution is 7.11. The smallest absolute Gasteiger partial charge is 0.338 e. The molecule has 11 heteroatoms. The van der Waals surface area contributed by atoms with Crippen LogP contribution in [-0.2, 0) is 19.1 Å². The van der Waals surface area contributed by atoms with Crippen LogP contribution in [0.3, 0.4) is 0 Å². The zero-order chi connectivity index (χ0) is 25.8. The Morgan fingerprint density at radius 2 is 2.03 bits per heavy atom. The van der Waals surface area contributed by atoms with E-state index in [-0.39, 0.29) is 35.5 Å². The molecule has 1 N–H and O–H groups in total. The molecule has 1 saturated carbocycles. The number of allylic oxidation sites excluding steroid dienone is 1. The van der Waals surface area contributed by atoms with Crippen LogP contribution >= 0.6 is 22.9 Å². The predicted octanol–water partition coefficient (Wildman–Crippen LogP) is 5.35. The number of aromatic nitrogens is 1. The molecule has 0 spiro atoms. The van der Waals surface area contributed by atoms with E-state index in [4.69, 9.17) is 21.1 Å². The molecule has 0 saturated heterocycles. The maximum Gasteiger partial charge on any atom is 0.338 e. The Labute approximate surface area is 216 Å². The number of hydrogen-bond acceptors (Lipinski definition) is 8. The first-order valence-electron chi connectivity index (χ1n) is 11.7. The number of hydrogen-bond donors (Lipinski definition) is 1. The second-order valence-corrected chi connectivity index (χ2v) is 9.85. The Morgan fingerprint density at radius 3 is 2.72 bits per heavy atom. The number of ether oxygens (including phenoxy) is 2. The van der Waals surface area contributed by atoms with Crippen LogP contribution in [0.4, 0.5) is 8.78 Å². The van der Waals surface area contributed by atoms with Gasteiger partial charge in [0, 0.05) is 22.8 Å². The lowest BCUT2D eigenvalue weighted by Gasteiger charge is -2.31. The summed E-state index contributed by atoms with van der Waals surface area (Å²) in [6.45, 7) is 1.80. The van der Waals surface area contributed by atoms with E-state index in [1.165, 1.54) is 24.5 Å². The van der Waals surface area contributed by atoms with E-state index >= 15 is 0 Å². The SMILES string of the molecule is CCOC(=O)C1=C(C2CCCC(C(=O)OC)CC2)NC(c2nccs2)=NC1c1ccc(F)c(F)c1Cl. The molecule has 1 fully saturated rings. The second kappa shape index (κ2) is 11.5. The van der Waals surface area contributed by atoms with Crippen molar-refractivity contribution in [2.24, 2.45) is 16.8 Å². The number of benzene rings is 1. The molecular formula is C25H26ClF2N3O4S. The summed E-state index contributed by atoms with van der Waals surface area (Å²) in [5.41, 5.74) is 0.907. The summed E-state index contributed by atoms with van der Waals surface area (Å²) in [4.78, 5) is 34.5. The molecule has 7 nitrogen and oxygen atoms in total. The molecule has 0 amide bonds. The fraction of sp³-hybridized carbons (Fsp3) is 0.440. The van der Waals surface area contributed by atoms with Gasteiger partial charge in [-0.1, -0.05) is 24.1 Å². The maximum atomic E-state index is 14.5. The Balaban J connectivity index is 1.84. The van der Waals surface area contributed by atoms with Gasteiger partial charge in [0.1, 0.15) is 6.04 Å². The number of halogens is 3. The molecule has 2 aliphatic rings. The fourth-order valence-corrected chi connectivity index (χ4v) is 5.58. The van der Waals surface area contributed by atoms with E-state index in [1.54, 1.807) is 18.5 Å². The molecule has 36 heavy (non-hydrogen) atoms. The summed E-state index contributed by atoms with van der Waals surface area (Å²) in [7, 11) is 1.38. The van der Waals surface area contributed by atoms with E-state index in [2.05, 4.69) is 15.3 Å². The Morgan fingerprint density at radius 1 is 1.22 bits per heavy atom. The number of esters is 2. The van der Waals surface area contributed by atoms with Crippen molar-refractivity contribution < 1.29 is 27.8 Å². The van der Waals surface area contributed by atoms with Crippen molar-refractivity contribution in [2.45, 2.75) is 45.1 Å². The van der Waals surface area contributed by atoms with Gasteiger partial charge in [0.15, 0.2) is 22.5 Å². The summed E-state index contributed by atoms with van der Waals surface area (Å²) in [6.07, 6.45) is 4.93. The average Bonchev–Trinajstić information content (AvgIpc) is 3.31. The molecule has 1 aliphatic heterocycles. The van der Waals surface area contributed by atoms with Crippen molar-refractivity contribution in [3.8, 4) is 0 Å². The van der Waals surface area contributed by atoms with Crippen LogP contribution in [0.15, 0.2) is 40.0 Å². The van der Waals surface area contributed by atoms with E-state index in [9.17, 15) is 18.4 Å². The third-order valence-corrected chi connectivity index (χ3v) is 7.64. The van der Waals surface area contributed by atoms with Gasteiger partial charge in [0.05, 0.1) is 30.2 Å². The van der Waals surface area contributed by atoms with Crippen LogP contribution < -0.4 is 5.32 Å². The lowest BCUT2D eigenvalue weighted by atomic mass is 9.86. The molecular weight excluding hydrogens is 512 g/mol. The number of aliphatic imine (C=N–C) groups is 1. The van der Waals surface area contributed by atoms with Crippen LogP contribution in [0.5, 0.6) is 0 Å². The zero-order valence-electron chi connectivity index (χ0n) is 19.9. The monoisotopic (exact) mass is 537 g/mol. The first-order valence-corrected chi connectivity index (χ1v) is 13.0. The molecule has 3 unspecified atom stereocenters. The number of amidine groups is 1. The molecule has 0 bridgehead atoms. The molecule has 3 atom stereocenters. The van der Waals surface area contributed by atoms with Gasteiger partial charge in [-0.25, -0.2) is 18.6 Å². The third-order valence-electron chi connectivity index (χ3n) is 6.48. The van der Waals surface area contributed by atoms with Gasteiger partial charge in [-0.15, -0.1) is 11.3 Å². The van der Waals surface area contributed by atoms with Crippen molar-refractivity contribution in [2.75, 3.05) is 13.7 Å². The quantitative estimate of drug-likeness (QED) is 0.303. The summed E-state index contributed by atoms with van der Waals surface area (Å²) < 4.78 is 38.7. The van der Waals surface area contributed by atoms with E-state index in [0.29, 0.717) is 42.2 Å². The van der Waals surface area contributed by atoms with Gasteiger partial charge in [0.2, 0.25) is 0 Å². The molecule has 2 aromatic rings. The topological polar surface area (TPSA) is 89.9 Å². The average molecular weight is 538 g/mol. The van der Waals surface area contributed by atoms with Crippen molar-refractivity contribution in [3.63, 3.8) is 0 Å². The standard InChI is InChI=1S/C25H26ClF2N3O4S/c1-3-35-25(33)17-20(13-5-4-6-14(8-7-13)24(32)34-2)30-22(23-29-11-12-36-23)31-21(17)15-9-10-16(27)19(28)18(15)26/h9-14,21H,3-8H2,1-2H3,(H,30,31). The minimum Gasteiger partial charge on any atom is -0.469 e. The van der Waals surface area contributed by atoms with Gasteiger partial charge >= 0.3 is 11.9 Å². The summed E-state index contributed by atoms with van der Waals surface area (Å²) in [5.74, 6) is -3.15. The number of rotatable bonds is 6. The van der Waals surface area contributed by atoms with Gasteiger partial charge < -0.3 is 14.8 Å². The molecule has 4 rings (SSSR count). The highest BCUT2D eigenvalue weighted by Crippen LogP contribution is 2.42. The number of thiazole rings is 1. The zero-order valence-corrected chi connectivity index (χ0v) is 21.4. The number of carbonyl (C=O) groups is 2. The minimum atomic E-state index is -1.21. The third kappa shape index (κ3) is 5.29. The van der Waals surface area contributed by atoms with Crippen LogP contribution in [0.1, 0.15) is 55.6 Å². The Bertz CT molecular complexity index is 1200. The summed E-state index contributed by atoms with van der Waals surface area (Å²) >= 11 is 7.58. The summed E-state index contributed by atoms with van der Waals surface area (Å²) in [5, 5.41) is 5.21. The normalized spacial score (nSPS) is 22.4. The molecule has 2 heterocycles. The molecule has 1 aromatic carbocycles. The molecule has 1 aliphatic carbocycles. The summed E-state index contributed by atoms with van der Waals surface area (Å²) in [6, 6.07) is 1.25. The number of carbonyl (C=O) groups excluding carboxylic acids is 2. The molecule has 1 aromatic heterocycles. The maximum absolute atomic E-state index is 14.5. The number of methoxy groups -OCH3 is 1. The van der Waals surface area contributed by atoms with Crippen LogP contribution in [0.2, 0.25) is 5.02 Å². The second-order valence-electron chi connectivity index (χ2n) is 8.58.